The van der Waals surface area contributed by atoms with Gasteiger partial charge in [-0.25, -0.2) is 0 Å². The highest BCUT2D eigenvalue weighted by molar-refractivity contribution is 5.85. The molecule has 0 saturated heterocycles. The summed E-state index contributed by atoms with van der Waals surface area (Å²) in [5, 5.41) is 3.18. The van der Waals surface area contributed by atoms with Crippen molar-refractivity contribution >= 4 is 12.4 Å². The maximum Gasteiger partial charge on any atom is 0.0952 e. The molecule has 2 heterocycles. The van der Waals surface area contributed by atoms with E-state index in [1.165, 1.54) is 16.7 Å². The Morgan fingerprint density at radius 3 is 3.00 bits per heavy atom. The molecule has 0 radical (unpaired) electrons. The fourth-order valence-corrected chi connectivity index (χ4v) is 2.61. The average Bonchev–Trinajstić information content (AvgIpc) is 2.48. The molecule has 0 bridgehead atoms. The second-order valence-electron chi connectivity index (χ2n) is 4.63. The maximum absolute atomic E-state index is 5.84. The van der Waals surface area contributed by atoms with E-state index in [-0.39, 0.29) is 18.5 Å². The quantitative estimate of drug-likeness (QED) is 0.943. The molecule has 2 aromatic rings. The van der Waals surface area contributed by atoms with Crippen LogP contribution in [-0.2, 0) is 11.2 Å². The van der Waals surface area contributed by atoms with Gasteiger partial charge in [0.25, 0.3) is 0 Å². The second-order valence-corrected chi connectivity index (χ2v) is 4.63. The molecule has 0 amide bonds. The smallest absolute Gasteiger partial charge is 0.0952 e. The second kappa shape index (κ2) is 6.79. The number of hydrogen-bond acceptors (Lipinski definition) is 4. The SMILES string of the molecule is CNCC1OCCc2c(-c3cnccn3)cccc21.Cl. The summed E-state index contributed by atoms with van der Waals surface area (Å²) in [5.74, 6) is 0. The molecule has 1 N–H and O–H groups in total. The van der Waals surface area contributed by atoms with Crippen LogP contribution in [-0.4, -0.2) is 30.2 Å². The molecule has 106 valence electrons. The lowest BCUT2D eigenvalue weighted by Gasteiger charge is -2.27. The third-order valence-electron chi connectivity index (χ3n) is 3.46. The van der Waals surface area contributed by atoms with Crippen LogP contribution >= 0.6 is 12.4 Å². The molecule has 1 aromatic carbocycles. The summed E-state index contributed by atoms with van der Waals surface area (Å²) in [7, 11) is 1.95. The number of aromatic nitrogens is 2. The van der Waals surface area contributed by atoms with E-state index in [0.717, 1.165) is 25.3 Å². The topological polar surface area (TPSA) is 47.0 Å². The van der Waals surface area contributed by atoms with Crippen LogP contribution in [0.4, 0.5) is 0 Å². The summed E-state index contributed by atoms with van der Waals surface area (Å²) in [6.07, 6.45) is 6.32. The molecule has 1 unspecified atom stereocenters. The summed E-state index contributed by atoms with van der Waals surface area (Å²) < 4.78 is 5.84. The van der Waals surface area contributed by atoms with Gasteiger partial charge in [0.1, 0.15) is 0 Å². The molecular formula is C15H18ClN3O. The van der Waals surface area contributed by atoms with Gasteiger partial charge in [0.05, 0.1) is 24.6 Å². The lowest BCUT2D eigenvalue weighted by Crippen LogP contribution is -2.25. The minimum atomic E-state index is 0. The molecule has 5 heteroatoms. The van der Waals surface area contributed by atoms with Gasteiger partial charge in [-0.1, -0.05) is 18.2 Å². The van der Waals surface area contributed by atoms with Crippen molar-refractivity contribution in [1.82, 2.24) is 15.3 Å². The Hall–Kier alpha value is -1.49. The van der Waals surface area contributed by atoms with Crippen molar-refractivity contribution in [3.63, 3.8) is 0 Å². The van der Waals surface area contributed by atoms with Crippen molar-refractivity contribution in [2.24, 2.45) is 0 Å². The van der Waals surface area contributed by atoms with Gasteiger partial charge in [-0.15, -0.1) is 12.4 Å². The summed E-state index contributed by atoms with van der Waals surface area (Å²) >= 11 is 0. The highest BCUT2D eigenvalue weighted by Crippen LogP contribution is 2.33. The first-order chi connectivity index (χ1) is 9.40. The Labute approximate surface area is 125 Å². The first kappa shape index (κ1) is 14.9. The highest BCUT2D eigenvalue weighted by atomic mass is 35.5. The Balaban J connectivity index is 0.00000147. The molecule has 4 nitrogen and oxygen atoms in total. The van der Waals surface area contributed by atoms with E-state index in [9.17, 15) is 0 Å². The lowest BCUT2D eigenvalue weighted by atomic mass is 9.91. The fourth-order valence-electron chi connectivity index (χ4n) is 2.61. The summed E-state index contributed by atoms with van der Waals surface area (Å²) in [6, 6.07) is 6.33. The van der Waals surface area contributed by atoms with E-state index >= 15 is 0 Å². The van der Waals surface area contributed by atoms with Crippen LogP contribution in [0, 0.1) is 0 Å². The first-order valence-corrected chi connectivity index (χ1v) is 6.54. The molecule has 1 aliphatic heterocycles. The third kappa shape index (κ3) is 2.82. The van der Waals surface area contributed by atoms with E-state index in [4.69, 9.17) is 4.74 Å². The van der Waals surface area contributed by atoms with Crippen LogP contribution in [0.25, 0.3) is 11.3 Å². The zero-order valence-corrected chi connectivity index (χ0v) is 12.2. The number of rotatable bonds is 3. The number of hydrogen-bond donors (Lipinski definition) is 1. The number of nitrogens with one attached hydrogen (secondary N) is 1. The summed E-state index contributed by atoms with van der Waals surface area (Å²) in [4.78, 5) is 8.57. The van der Waals surface area contributed by atoms with Crippen LogP contribution in [0.3, 0.4) is 0 Å². The molecule has 3 rings (SSSR count). The van der Waals surface area contributed by atoms with E-state index in [1.54, 1.807) is 12.4 Å². The van der Waals surface area contributed by atoms with Crippen LogP contribution < -0.4 is 5.32 Å². The molecule has 0 fully saturated rings. The van der Waals surface area contributed by atoms with Gasteiger partial charge in [0.15, 0.2) is 0 Å². The number of benzene rings is 1. The van der Waals surface area contributed by atoms with Gasteiger partial charge in [0, 0.05) is 24.5 Å². The third-order valence-corrected chi connectivity index (χ3v) is 3.46. The minimum absolute atomic E-state index is 0. The number of nitrogens with zero attached hydrogens (tertiary/aromatic N) is 2. The first-order valence-electron chi connectivity index (χ1n) is 6.54. The Morgan fingerprint density at radius 1 is 1.35 bits per heavy atom. The van der Waals surface area contributed by atoms with E-state index in [0.29, 0.717) is 0 Å². The van der Waals surface area contributed by atoms with Gasteiger partial charge >= 0.3 is 0 Å². The monoisotopic (exact) mass is 291 g/mol. The molecule has 0 spiro atoms. The molecule has 20 heavy (non-hydrogen) atoms. The van der Waals surface area contributed by atoms with Gasteiger partial charge in [0.2, 0.25) is 0 Å². The predicted molar refractivity (Wildman–Crippen MR) is 81.0 cm³/mol. The van der Waals surface area contributed by atoms with Crippen LogP contribution in [0.1, 0.15) is 17.2 Å². The van der Waals surface area contributed by atoms with Crippen molar-refractivity contribution in [2.75, 3.05) is 20.2 Å². The molecule has 0 aliphatic carbocycles. The predicted octanol–water partition coefficient (Wildman–Crippen LogP) is 2.40. The number of ether oxygens (including phenoxy) is 1. The van der Waals surface area contributed by atoms with Gasteiger partial charge < -0.3 is 10.1 Å². The van der Waals surface area contributed by atoms with Gasteiger partial charge in [-0.05, 0) is 24.6 Å². The summed E-state index contributed by atoms with van der Waals surface area (Å²) in [5.41, 5.74) is 4.72. The largest absolute Gasteiger partial charge is 0.372 e. The van der Waals surface area contributed by atoms with Gasteiger partial charge in [-0.2, -0.15) is 0 Å². The zero-order chi connectivity index (χ0) is 13.1. The van der Waals surface area contributed by atoms with E-state index in [1.807, 2.05) is 13.2 Å². The lowest BCUT2D eigenvalue weighted by molar-refractivity contribution is 0.0440. The Bertz CT molecular complexity index is 562. The van der Waals surface area contributed by atoms with E-state index < -0.39 is 0 Å². The standard InChI is InChI=1S/C15H17N3O.ClH/c1-16-10-15-13-4-2-3-12(11(13)5-8-19-15)14-9-17-6-7-18-14;/h2-4,6-7,9,15-16H,5,8,10H2,1H3;1H. The summed E-state index contributed by atoms with van der Waals surface area (Å²) in [6.45, 7) is 1.59. The van der Waals surface area contributed by atoms with Crippen molar-refractivity contribution in [3.8, 4) is 11.3 Å². The molecule has 1 aromatic heterocycles. The van der Waals surface area contributed by atoms with Crippen molar-refractivity contribution in [2.45, 2.75) is 12.5 Å². The number of fused-ring (bicyclic) bond motifs is 1. The van der Waals surface area contributed by atoms with Crippen LogP contribution in [0.5, 0.6) is 0 Å². The molecule has 1 aliphatic rings. The average molecular weight is 292 g/mol. The van der Waals surface area contributed by atoms with Crippen LogP contribution in [0.2, 0.25) is 0 Å². The maximum atomic E-state index is 5.84. The van der Waals surface area contributed by atoms with Gasteiger partial charge in [-0.3, -0.25) is 9.97 Å². The highest BCUT2D eigenvalue weighted by Gasteiger charge is 2.22. The van der Waals surface area contributed by atoms with E-state index in [2.05, 4.69) is 33.5 Å². The zero-order valence-electron chi connectivity index (χ0n) is 11.4. The molecular weight excluding hydrogens is 274 g/mol. The van der Waals surface area contributed by atoms with Crippen LogP contribution in [0.15, 0.2) is 36.8 Å². The normalized spacial score (nSPS) is 17.1. The Morgan fingerprint density at radius 2 is 2.25 bits per heavy atom. The number of likely N-dealkylation sites (N-methyl/N-ethyl adjacent to an activating group) is 1. The molecule has 1 atom stereocenters. The van der Waals surface area contributed by atoms with Crippen molar-refractivity contribution < 1.29 is 4.74 Å². The van der Waals surface area contributed by atoms with Crippen molar-refractivity contribution in [1.29, 1.82) is 0 Å². The number of halogens is 1. The Kier molecular flexibility index (Phi) is 5.06. The van der Waals surface area contributed by atoms with Crippen molar-refractivity contribution in [3.05, 3.63) is 47.9 Å². The fraction of sp³-hybridized carbons (Fsp3) is 0.333. The minimum Gasteiger partial charge on any atom is -0.372 e. The molecule has 0 saturated carbocycles.